The third kappa shape index (κ3) is 3.98. The van der Waals surface area contributed by atoms with Gasteiger partial charge < -0.3 is 8.99 Å². The SMILES string of the molecule is CC(CO[Si](C)(C)C(C)(C)C)n1c(CCl)nc2nc(Br)ccc21. The van der Waals surface area contributed by atoms with Gasteiger partial charge in [-0.3, -0.25) is 0 Å². The zero-order valence-electron chi connectivity index (χ0n) is 14.7. The Hall–Kier alpha value is -0.433. The highest BCUT2D eigenvalue weighted by atomic mass is 79.9. The molecule has 4 nitrogen and oxygen atoms in total. The van der Waals surface area contributed by atoms with Gasteiger partial charge in [0, 0.05) is 0 Å². The Balaban J connectivity index is 2.29. The average Bonchev–Trinajstić information content (AvgIpc) is 2.81. The maximum Gasteiger partial charge on any atom is 0.192 e. The molecule has 23 heavy (non-hydrogen) atoms. The van der Waals surface area contributed by atoms with E-state index in [1.165, 1.54) is 0 Å². The van der Waals surface area contributed by atoms with Crippen molar-refractivity contribution in [3.8, 4) is 0 Å². The lowest BCUT2D eigenvalue weighted by atomic mass is 10.2. The van der Waals surface area contributed by atoms with Crippen LogP contribution in [0.25, 0.3) is 11.2 Å². The molecular weight excluding hydrogens is 394 g/mol. The van der Waals surface area contributed by atoms with Crippen molar-refractivity contribution in [2.75, 3.05) is 6.61 Å². The zero-order valence-corrected chi connectivity index (χ0v) is 18.0. The van der Waals surface area contributed by atoms with E-state index in [1.807, 2.05) is 12.1 Å². The van der Waals surface area contributed by atoms with Crippen molar-refractivity contribution in [2.45, 2.75) is 57.7 Å². The lowest BCUT2D eigenvalue weighted by Gasteiger charge is -2.37. The molecule has 0 saturated heterocycles. The van der Waals surface area contributed by atoms with Crippen molar-refractivity contribution in [3.05, 3.63) is 22.6 Å². The summed E-state index contributed by atoms with van der Waals surface area (Å²) in [5.74, 6) is 1.19. The fraction of sp³-hybridized carbons (Fsp3) is 0.625. The van der Waals surface area contributed by atoms with Gasteiger partial charge in [-0.1, -0.05) is 20.8 Å². The standard InChI is InChI=1S/C16H25BrClN3OSi/c1-11(10-22-23(5,6)16(2,3)4)21-12-7-8-13(17)19-15(12)20-14(21)9-18/h7-8,11H,9-10H2,1-6H3. The molecule has 0 saturated carbocycles. The first-order valence-corrected chi connectivity index (χ1v) is 12.0. The van der Waals surface area contributed by atoms with Gasteiger partial charge in [-0.2, -0.15) is 0 Å². The normalized spacial score (nSPS) is 14.4. The van der Waals surface area contributed by atoms with Crippen molar-refractivity contribution < 1.29 is 4.43 Å². The van der Waals surface area contributed by atoms with Crippen LogP contribution in [0.5, 0.6) is 0 Å². The molecule has 0 bridgehead atoms. The molecule has 0 aromatic carbocycles. The maximum absolute atomic E-state index is 6.37. The number of alkyl halides is 1. The van der Waals surface area contributed by atoms with Crippen molar-refractivity contribution in [2.24, 2.45) is 0 Å². The Bertz CT molecular complexity index is 696. The van der Waals surface area contributed by atoms with Gasteiger partial charge in [0.15, 0.2) is 14.0 Å². The van der Waals surface area contributed by atoms with Gasteiger partial charge in [-0.25, -0.2) is 9.97 Å². The van der Waals surface area contributed by atoms with Crippen LogP contribution in [0.4, 0.5) is 0 Å². The number of imidazole rings is 1. The first kappa shape index (κ1) is 18.9. The summed E-state index contributed by atoms with van der Waals surface area (Å²) >= 11 is 9.49. The van der Waals surface area contributed by atoms with E-state index in [4.69, 9.17) is 16.0 Å². The number of hydrogen-bond acceptors (Lipinski definition) is 3. The molecule has 0 fully saturated rings. The van der Waals surface area contributed by atoms with E-state index >= 15 is 0 Å². The van der Waals surface area contributed by atoms with E-state index in [2.05, 4.69) is 71.3 Å². The van der Waals surface area contributed by atoms with Gasteiger partial charge in [0.2, 0.25) is 0 Å². The van der Waals surface area contributed by atoms with Crippen molar-refractivity contribution >= 4 is 47.0 Å². The van der Waals surface area contributed by atoms with Crippen LogP contribution in [0.15, 0.2) is 16.7 Å². The molecule has 128 valence electrons. The molecule has 0 radical (unpaired) electrons. The summed E-state index contributed by atoms with van der Waals surface area (Å²) in [6, 6.07) is 4.11. The molecule has 0 spiro atoms. The zero-order chi connectivity index (χ0) is 17.4. The second kappa shape index (κ2) is 6.82. The van der Waals surface area contributed by atoms with E-state index in [0.717, 1.165) is 15.9 Å². The summed E-state index contributed by atoms with van der Waals surface area (Å²) in [5.41, 5.74) is 1.71. The predicted molar refractivity (Wildman–Crippen MR) is 103 cm³/mol. The summed E-state index contributed by atoms with van der Waals surface area (Å²) in [7, 11) is -1.77. The molecular formula is C16H25BrClN3OSi. The molecule has 2 rings (SSSR count). The molecule has 2 aromatic rings. The van der Waals surface area contributed by atoms with Crippen LogP contribution in [0.1, 0.15) is 39.6 Å². The Morgan fingerprint density at radius 3 is 2.52 bits per heavy atom. The molecule has 1 atom stereocenters. The summed E-state index contributed by atoms with van der Waals surface area (Å²) in [5, 5.41) is 0.200. The van der Waals surface area contributed by atoms with Crippen LogP contribution in [-0.4, -0.2) is 29.5 Å². The fourth-order valence-corrected chi connectivity index (χ4v) is 3.79. The molecule has 0 aliphatic heterocycles. The van der Waals surface area contributed by atoms with Crippen LogP contribution in [0, 0.1) is 0 Å². The highest BCUT2D eigenvalue weighted by molar-refractivity contribution is 9.10. The third-order valence-electron chi connectivity index (χ3n) is 4.64. The number of hydrogen-bond donors (Lipinski definition) is 0. The van der Waals surface area contributed by atoms with Crippen LogP contribution in [0.2, 0.25) is 18.1 Å². The second-order valence-electron chi connectivity index (χ2n) is 7.43. The number of pyridine rings is 1. The van der Waals surface area contributed by atoms with Gasteiger partial charge in [-0.05, 0) is 53.1 Å². The van der Waals surface area contributed by atoms with Gasteiger partial charge in [0.1, 0.15) is 10.4 Å². The molecule has 0 aliphatic rings. The molecule has 0 N–H and O–H groups in total. The highest BCUT2D eigenvalue weighted by Crippen LogP contribution is 2.37. The van der Waals surface area contributed by atoms with E-state index in [1.54, 1.807) is 0 Å². The predicted octanol–water partition coefficient (Wildman–Crippen LogP) is 5.52. The molecule has 2 heterocycles. The Kier molecular flexibility index (Phi) is 5.61. The summed E-state index contributed by atoms with van der Waals surface area (Å²) < 4.78 is 9.30. The molecule has 1 unspecified atom stereocenters. The number of rotatable bonds is 5. The summed E-state index contributed by atoms with van der Waals surface area (Å²) in [4.78, 5) is 8.98. The first-order chi connectivity index (χ1) is 10.6. The molecule has 2 aromatic heterocycles. The molecule has 0 aliphatic carbocycles. The van der Waals surface area contributed by atoms with Crippen molar-refractivity contribution in [1.29, 1.82) is 0 Å². The monoisotopic (exact) mass is 417 g/mol. The highest BCUT2D eigenvalue weighted by Gasteiger charge is 2.37. The Morgan fingerprint density at radius 1 is 1.30 bits per heavy atom. The van der Waals surface area contributed by atoms with Crippen molar-refractivity contribution in [3.63, 3.8) is 0 Å². The Labute approximate surface area is 152 Å². The van der Waals surface area contributed by atoms with E-state index in [-0.39, 0.29) is 11.1 Å². The smallest absolute Gasteiger partial charge is 0.192 e. The van der Waals surface area contributed by atoms with Crippen LogP contribution in [0.3, 0.4) is 0 Å². The van der Waals surface area contributed by atoms with E-state index in [0.29, 0.717) is 18.1 Å². The lowest BCUT2D eigenvalue weighted by molar-refractivity contribution is 0.239. The molecule has 0 amide bonds. The quantitative estimate of drug-likeness (QED) is 0.365. The largest absolute Gasteiger partial charge is 0.415 e. The number of aromatic nitrogens is 3. The van der Waals surface area contributed by atoms with Crippen LogP contribution >= 0.6 is 27.5 Å². The molecule has 7 heteroatoms. The number of fused-ring (bicyclic) bond motifs is 1. The minimum atomic E-state index is -1.77. The van der Waals surface area contributed by atoms with E-state index < -0.39 is 8.32 Å². The topological polar surface area (TPSA) is 39.9 Å². The third-order valence-corrected chi connectivity index (χ3v) is 9.83. The lowest BCUT2D eigenvalue weighted by Crippen LogP contribution is -2.42. The first-order valence-electron chi connectivity index (χ1n) is 7.80. The summed E-state index contributed by atoms with van der Waals surface area (Å²) in [6.07, 6.45) is 0. The fourth-order valence-electron chi connectivity index (χ4n) is 2.21. The van der Waals surface area contributed by atoms with Crippen LogP contribution < -0.4 is 0 Å². The minimum absolute atomic E-state index is 0.158. The van der Waals surface area contributed by atoms with Crippen LogP contribution in [-0.2, 0) is 10.3 Å². The number of halogens is 2. The van der Waals surface area contributed by atoms with Crippen molar-refractivity contribution in [1.82, 2.24) is 14.5 Å². The van der Waals surface area contributed by atoms with Gasteiger partial charge in [-0.15, -0.1) is 11.6 Å². The summed E-state index contributed by atoms with van der Waals surface area (Å²) in [6.45, 7) is 14.1. The maximum atomic E-state index is 6.37. The van der Waals surface area contributed by atoms with Gasteiger partial charge >= 0.3 is 0 Å². The Morgan fingerprint density at radius 2 is 1.96 bits per heavy atom. The van der Waals surface area contributed by atoms with E-state index in [9.17, 15) is 0 Å². The minimum Gasteiger partial charge on any atom is -0.415 e. The van der Waals surface area contributed by atoms with Gasteiger partial charge in [0.25, 0.3) is 0 Å². The second-order valence-corrected chi connectivity index (χ2v) is 13.3. The number of nitrogens with zero attached hydrogens (tertiary/aromatic N) is 3. The average molecular weight is 419 g/mol. The van der Waals surface area contributed by atoms with Gasteiger partial charge in [0.05, 0.1) is 24.0 Å².